The van der Waals surface area contributed by atoms with Crippen LogP contribution in [0.25, 0.3) is 0 Å². The third kappa shape index (κ3) is 2.98. The maximum absolute atomic E-state index is 11.5. The highest BCUT2D eigenvalue weighted by Gasteiger charge is 2.35. The molecule has 2 N–H and O–H groups in total. The minimum atomic E-state index is 0.163. The molecular formula is C11H22N2O. The number of amides is 1. The molecule has 1 aliphatic carbocycles. The Labute approximate surface area is 86.6 Å². The second-order valence-corrected chi connectivity index (χ2v) is 4.24. The van der Waals surface area contributed by atoms with Gasteiger partial charge in [0.2, 0.25) is 5.91 Å². The van der Waals surface area contributed by atoms with Gasteiger partial charge in [0.25, 0.3) is 0 Å². The molecule has 82 valence electrons. The first-order valence-electron chi connectivity index (χ1n) is 5.68. The Balaban J connectivity index is 2.18. The lowest BCUT2D eigenvalue weighted by Gasteiger charge is -2.42. The van der Waals surface area contributed by atoms with Gasteiger partial charge in [0, 0.05) is 12.0 Å². The first-order chi connectivity index (χ1) is 6.72. The Morgan fingerprint density at radius 2 is 2.14 bits per heavy atom. The summed E-state index contributed by atoms with van der Waals surface area (Å²) in [5.41, 5.74) is 0.163. The van der Waals surface area contributed by atoms with E-state index in [-0.39, 0.29) is 11.4 Å². The molecule has 0 radical (unpaired) electrons. The maximum Gasteiger partial charge on any atom is 0.220 e. The molecule has 0 bridgehead atoms. The van der Waals surface area contributed by atoms with E-state index in [1.807, 2.05) is 7.05 Å². The molecule has 0 aromatic rings. The van der Waals surface area contributed by atoms with Crippen molar-refractivity contribution in [2.75, 3.05) is 13.6 Å². The van der Waals surface area contributed by atoms with E-state index in [1.165, 1.54) is 19.3 Å². The molecule has 1 amide bonds. The summed E-state index contributed by atoms with van der Waals surface area (Å²) >= 11 is 0. The van der Waals surface area contributed by atoms with Crippen LogP contribution in [0.4, 0.5) is 0 Å². The van der Waals surface area contributed by atoms with Crippen LogP contribution in [-0.2, 0) is 4.79 Å². The highest BCUT2D eigenvalue weighted by atomic mass is 16.1. The monoisotopic (exact) mass is 198 g/mol. The predicted octanol–water partition coefficient (Wildman–Crippen LogP) is 1.43. The number of rotatable bonds is 6. The Kier molecular flexibility index (Phi) is 4.39. The van der Waals surface area contributed by atoms with Crippen LogP contribution in [0.5, 0.6) is 0 Å². The van der Waals surface area contributed by atoms with Crippen LogP contribution in [0.15, 0.2) is 0 Å². The SMILES string of the molecule is CCC1(NC(=O)CCCNC)CCC1. The molecule has 0 atom stereocenters. The van der Waals surface area contributed by atoms with Crippen LogP contribution in [0.3, 0.4) is 0 Å². The maximum atomic E-state index is 11.5. The molecule has 0 spiro atoms. The van der Waals surface area contributed by atoms with Crippen molar-refractivity contribution in [2.45, 2.75) is 51.0 Å². The van der Waals surface area contributed by atoms with E-state index in [4.69, 9.17) is 0 Å². The summed E-state index contributed by atoms with van der Waals surface area (Å²) in [6.07, 6.45) is 6.27. The van der Waals surface area contributed by atoms with Crippen LogP contribution in [0.2, 0.25) is 0 Å². The summed E-state index contributed by atoms with van der Waals surface area (Å²) in [5, 5.41) is 6.22. The summed E-state index contributed by atoms with van der Waals surface area (Å²) in [7, 11) is 1.91. The average Bonchev–Trinajstić information content (AvgIpc) is 2.12. The second-order valence-electron chi connectivity index (χ2n) is 4.24. The van der Waals surface area contributed by atoms with Crippen molar-refractivity contribution in [2.24, 2.45) is 0 Å². The molecule has 1 rings (SSSR count). The Bertz CT molecular complexity index is 182. The lowest BCUT2D eigenvalue weighted by atomic mass is 9.75. The summed E-state index contributed by atoms with van der Waals surface area (Å²) in [4.78, 5) is 11.5. The van der Waals surface area contributed by atoms with Gasteiger partial charge in [-0.2, -0.15) is 0 Å². The minimum Gasteiger partial charge on any atom is -0.351 e. The smallest absolute Gasteiger partial charge is 0.220 e. The molecule has 3 nitrogen and oxygen atoms in total. The van der Waals surface area contributed by atoms with Gasteiger partial charge in [0.05, 0.1) is 0 Å². The first-order valence-corrected chi connectivity index (χ1v) is 5.68. The highest BCUT2D eigenvalue weighted by molar-refractivity contribution is 5.76. The minimum absolute atomic E-state index is 0.163. The van der Waals surface area contributed by atoms with Crippen LogP contribution < -0.4 is 10.6 Å². The molecule has 14 heavy (non-hydrogen) atoms. The van der Waals surface area contributed by atoms with Gasteiger partial charge in [-0.3, -0.25) is 4.79 Å². The molecule has 0 heterocycles. The van der Waals surface area contributed by atoms with Gasteiger partial charge in [-0.05, 0) is 45.7 Å². The Morgan fingerprint density at radius 3 is 2.57 bits per heavy atom. The van der Waals surface area contributed by atoms with Crippen molar-refractivity contribution >= 4 is 5.91 Å². The van der Waals surface area contributed by atoms with Crippen molar-refractivity contribution in [1.29, 1.82) is 0 Å². The summed E-state index contributed by atoms with van der Waals surface area (Å²) in [6.45, 7) is 3.08. The lowest BCUT2D eigenvalue weighted by molar-refractivity contribution is -0.124. The third-order valence-corrected chi connectivity index (χ3v) is 3.22. The number of carbonyl (C=O) groups is 1. The van der Waals surface area contributed by atoms with Gasteiger partial charge in [0.15, 0.2) is 0 Å². The molecule has 1 saturated carbocycles. The van der Waals surface area contributed by atoms with Gasteiger partial charge in [0.1, 0.15) is 0 Å². The molecule has 0 aromatic heterocycles. The highest BCUT2D eigenvalue weighted by Crippen LogP contribution is 2.34. The van der Waals surface area contributed by atoms with Gasteiger partial charge in [-0.1, -0.05) is 6.92 Å². The zero-order valence-electron chi connectivity index (χ0n) is 9.36. The van der Waals surface area contributed by atoms with Crippen molar-refractivity contribution in [3.8, 4) is 0 Å². The molecule has 1 aliphatic rings. The van der Waals surface area contributed by atoms with Gasteiger partial charge in [-0.25, -0.2) is 0 Å². The van der Waals surface area contributed by atoms with E-state index in [0.717, 1.165) is 19.4 Å². The van der Waals surface area contributed by atoms with E-state index < -0.39 is 0 Å². The zero-order chi connectivity index (χ0) is 10.4. The Hall–Kier alpha value is -0.570. The van der Waals surface area contributed by atoms with E-state index in [2.05, 4.69) is 17.6 Å². The third-order valence-electron chi connectivity index (χ3n) is 3.22. The lowest BCUT2D eigenvalue weighted by Crippen LogP contribution is -2.52. The van der Waals surface area contributed by atoms with Crippen molar-refractivity contribution in [3.05, 3.63) is 0 Å². The van der Waals surface area contributed by atoms with Crippen LogP contribution in [-0.4, -0.2) is 25.0 Å². The fourth-order valence-corrected chi connectivity index (χ4v) is 1.95. The number of hydrogen-bond donors (Lipinski definition) is 2. The summed E-state index contributed by atoms with van der Waals surface area (Å²) in [6, 6.07) is 0. The fourth-order valence-electron chi connectivity index (χ4n) is 1.95. The fraction of sp³-hybridized carbons (Fsp3) is 0.909. The largest absolute Gasteiger partial charge is 0.351 e. The molecule has 3 heteroatoms. The topological polar surface area (TPSA) is 41.1 Å². The Morgan fingerprint density at radius 1 is 1.43 bits per heavy atom. The average molecular weight is 198 g/mol. The molecule has 0 aromatic carbocycles. The second kappa shape index (κ2) is 5.35. The molecular weight excluding hydrogens is 176 g/mol. The summed E-state index contributed by atoms with van der Waals surface area (Å²) in [5.74, 6) is 0.224. The molecule has 0 unspecified atom stereocenters. The standard InChI is InChI=1S/C11H22N2O/c1-3-11(7-5-8-11)13-10(14)6-4-9-12-2/h12H,3-9H2,1-2H3,(H,13,14). The molecule has 0 saturated heterocycles. The molecule has 1 fully saturated rings. The van der Waals surface area contributed by atoms with Crippen molar-refractivity contribution < 1.29 is 4.79 Å². The number of hydrogen-bond acceptors (Lipinski definition) is 2. The van der Waals surface area contributed by atoms with Gasteiger partial charge in [-0.15, -0.1) is 0 Å². The van der Waals surface area contributed by atoms with E-state index in [0.29, 0.717) is 6.42 Å². The normalized spacial score (nSPS) is 18.7. The predicted molar refractivity (Wildman–Crippen MR) is 58.2 cm³/mol. The quantitative estimate of drug-likeness (QED) is 0.634. The van der Waals surface area contributed by atoms with E-state index >= 15 is 0 Å². The van der Waals surface area contributed by atoms with Crippen molar-refractivity contribution in [1.82, 2.24) is 10.6 Å². The van der Waals surface area contributed by atoms with Crippen molar-refractivity contribution in [3.63, 3.8) is 0 Å². The van der Waals surface area contributed by atoms with Gasteiger partial charge < -0.3 is 10.6 Å². The number of nitrogens with one attached hydrogen (secondary N) is 2. The first kappa shape index (κ1) is 11.5. The summed E-state index contributed by atoms with van der Waals surface area (Å²) < 4.78 is 0. The molecule has 0 aliphatic heterocycles. The van der Waals surface area contributed by atoms with E-state index in [9.17, 15) is 4.79 Å². The van der Waals surface area contributed by atoms with Gasteiger partial charge >= 0.3 is 0 Å². The number of carbonyl (C=O) groups excluding carboxylic acids is 1. The van der Waals surface area contributed by atoms with Crippen LogP contribution >= 0.6 is 0 Å². The zero-order valence-corrected chi connectivity index (χ0v) is 9.36. The van der Waals surface area contributed by atoms with Crippen LogP contribution in [0, 0.1) is 0 Å². The van der Waals surface area contributed by atoms with E-state index in [1.54, 1.807) is 0 Å². The van der Waals surface area contributed by atoms with Crippen LogP contribution in [0.1, 0.15) is 45.4 Å².